The molecule has 0 N–H and O–H groups in total. The van der Waals surface area contributed by atoms with Gasteiger partial charge in [0.1, 0.15) is 5.82 Å². The van der Waals surface area contributed by atoms with Gasteiger partial charge in [0.15, 0.2) is 0 Å². The number of rotatable bonds is 1. The summed E-state index contributed by atoms with van der Waals surface area (Å²) in [6, 6.07) is 9.85. The summed E-state index contributed by atoms with van der Waals surface area (Å²) in [6.45, 7) is 4.89. The first-order valence-corrected chi connectivity index (χ1v) is 7.58. The Morgan fingerprint density at radius 3 is 2.95 bits per heavy atom. The van der Waals surface area contributed by atoms with Gasteiger partial charge in [-0.25, -0.2) is 4.98 Å². The Hall–Kier alpha value is -2.10. The number of nitrogens with zero attached hydrogens (tertiary/aromatic N) is 3. The van der Waals surface area contributed by atoms with Gasteiger partial charge in [-0.1, -0.05) is 6.07 Å². The number of hydrogen-bond donors (Lipinski definition) is 0. The van der Waals surface area contributed by atoms with Crippen LogP contribution in [-0.2, 0) is 6.54 Å². The number of anilines is 1. The van der Waals surface area contributed by atoms with Crippen LogP contribution in [0.5, 0.6) is 0 Å². The lowest BCUT2D eigenvalue weighted by Crippen LogP contribution is -2.47. The largest absolute Gasteiger partial charge is 0.356 e. The normalized spacial score (nSPS) is 23.8. The molecule has 4 heteroatoms. The van der Waals surface area contributed by atoms with Crippen LogP contribution in [0.25, 0.3) is 0 Å². The van der Waals surface area contributed by atoms with E-state index in [9.17, 15) is 4.79 Å². The van der Waals surface area contributed by atoms with Crippen LogP contribution in [0.1, 0.15) is 23.6 Å². The summed E-state index contributed by atoms with van der Waals surface area (Å²) in [5.74, 6) is 2.05. The summed E-state index contributed by atoms with van der Waals surface area (Å²) < 4.78 is 1.97. The molecule has 4 rings (SSSR count). The van der Waals surface area contributed by atoms with E-state index in [0.717, 1.165) is 25.5 Å². The van der Waals surface area contributed by atoms with Crippen molar-refractivity contribution in [1.29, 1.82) is 0 Å². The van der Waals surface area contributed by atoms with E-state index < -0.39 is 0 Å². The van der Waals surface area contributed by atoms with E-state index in [0.29, 0.717) is 11.8 Å². The highest BCUT2D eigenvalue weighted by atomic mass is 16.1. The van der Waals surface area contributed by atoms with Crippen LogP contribution < -0.4 is 10.5 Å². The first-order valence-electron chi connectivity index (χ1n) is 7.58. The molecule has 4 nitrogen and oxygen atoms in total. The Morgan fingerprint density at radius 2 is 2.10 bits per heavy atom. The quantitative estimate of drug-likeness (QED) is 0.804. The maximum Gasteiger partial charge on any atom is 0.250 e. The van der Waals surface area contributed by atoms with Crippen LogP contribution in [-0.4, -0.2) is 22.6 Å². The van der Waals surface area contributed by atoms with E-state index in [1.807, 2.05) is 22.9 Å². The van der Waals surface area contributed by atoms with E-state index >= 15 is 0 Å². The Labute approximate surface area is 124 Å². The molecule has 0 amide bonds. The molecule has 4 heterocycles. The molecule has 2 aromatic rings. The zero-order valence-electron chi connectivity index (χ0n) is 12.2. The fourth-order valence-electron chi connectivity index (χ4n) is 3.78. The van der Waals surface area contributed by atoms with Crippen molar-refractivity contribution in [2.24, 2.45) is 5.92 Å². The molecular formula is C17H19N3O. The molecule has 2 aliphatic heterocycles. The van der Waals surface area contributed by atoms with Crippen molar-refractivity contribution in [3.63, 3.8) is 0 Å². The Morgan fingerprint density at radius 1 is 1.19 bits per heavy atom. The summed E-state index contributed by atoms with van der Waals surface area (Å²) in [5.41, 5.74) is 2.58. The lowest BCUT2D eigenvalue weighted by molar-refractivity contribution is 0.280. The van der Waals surface area contributed by atoms with Crippen molar-refractivity contribution in [2.45, 2.75) is 25.8 Å². The molecule has 0 aliphatic carbocycles. The molecule has 0 aromatic carbocycles. The predicted molar refractivity (Wildman–Crippen MR) is 82.7 cm³/mol. The smallest absolute Gasteiger partial charge is 0.250 e. The van der Waals surface area contributed by atoms with Crippen LogP contribution in [0, 0.1) is 12.8 Å². The summed E-state index contributed by atoms with van der Waals surface area (Å²) in [7, 11) is 0. The van der Waals surface area contributed by atoms with E-state index in [2.05, 4.69) is 28.9 Å². The van der Waals surface area contributed by atoms with Gasteiger partial charge in [0.2, 0.25) is 0 Å². The van der Waals surface area contributed by atoms with Crippen LogP contribution in [0.2, 0.25) is 0 Å². The number of hydrogen-bond acceptors (Lipinski definition) is 3. The molecule has 0 spiro atoms. The van der Waals surface area contributed by atoms with Gasteiger partial charge >= 0.3 is 0 Å². The molecule has 0 radical (unpaired) electrons. The third-order valence-electron chi connectivity index (χ3n) is 4.70. The molecule has 108 valence electrons. The van der Waals surface area contributed by atoms with E-state index in [-0.39, 0.29) is 5.56 Å². The Kier molecular flexibility index (Phi) is 2.84. The van der Waals surface area contributed by atoms with Gasteiger partial charge in [-0.15, -0.1) is 0 Å². The average molecular weight is 281 g/mol. The predicted octanol–water partition coefficient (Wildman–Crippen LogP) is 2.18. The van der Waals surface area contributed by atoms with Crippen molar-refractivity contribution in [2.75, 3.05) is 18.0 Å². The molecule has 2 aliphatic rings. The topological polar surface area (TPSA) is 38.1 Å². The maximum atomic E-state index is 12.0. The summed E-state index contributed by atoms with van der Waals surface area (Å²) >= 11 is 0. The van der Waals surface area contributed by atoms with Gasteiger partial charge in [0.05, 0.1) is 0 Å². The van der Waals surface area contributed by atoms with E-state index in [1.165, 1.54) is 17.7 Å². The lowest BCUT2D eigenvalue weighted by Gasteiger charge is -2.43. The van der Waals surface area contributed by atoms with Crippen molar-refractivity contribution in [3.05, 3.63) is 58.1 Å². The number of fused-ring (bicyclic) bond motifs is 4. The monoisotopic (exact) mass is 281 g/mol. The fourth-order valence-corrected chi connectivity index (χ4v) is 3.78. The first kappa shape index (κ1) is 12.6. The number of aromatic nitrogens is 2. The minimum Gasteiger partial charge on any atom is -0.356 e. The van der Waals surface area contributed by atoms with Gasteiger partial charge < -0.3 is 9.47 Å². The fraction of sp³-hybridized carbons (Fsp3) is 0.412. The molecule has 21 heavy (non-hydrogen) atoms. The van der Waals surface area contributed by atoms with E-state index in [1.54, 1.807) is 6.07 Å². The van der Waals surface area contributed by atoms with Crippen molar-refractivity contribution in [3.8, 4) is 0 Å². The molecular weight excluding hydrogens is 262 g/mol. The van der Waals surface area contributed by atoms with Gasteiger partial charge in [0, 0.05) is 43.5 Å². The zero-order chi connectivity index (χ0) is 14.4. The molecule has 1 fully saturated rings. The zero-order valence-corrected chi connectivity index (χ0v) is 12.2. The standard InChI is InChI=1S/C17H19N3O/c1-12-5-6-18-16(7-12)19-9-13-8-14(11-19)15-3-2-4-17(21)20(15)10-13/h2-7,13-14H,8-11H2,1H3. The Bertz CT molecular complexity index is 737. The number of pyridine rings is 2. The van der Waals surface area contributed by atoms with Crippen LogP contribution in [0.3, 0.4) is 0 Å². The Balaban J connectivity index is 1.70. The van der Waals surface area contributed by atoms with Crippen molar-refractivity contribution in [1.82, 2.24) is 9.55 Å². The maximum absolute atomic E-state index is 12.0. The second-order valence-electron chi connectivity index (χ2n) is 6.29. The average Bonchev–Trinajstić information content (AvgIpc) is 2.48. The summed E-state index contributed by atoms with van der Waals surface area (Å²) in [5, 5.41) is 0. The van der Waals surface area contributed by atoms with E-state index in [4.69, 9.17) is 0 Å². The van der Waals surface area contributed by atoms with Crippen LogP contribution in [0.15, 0.2) is 41.3 Å². The first-order chi connectivity index (χ1) is 10.2. The third kappa shape index (κ3) is 2.15. The highest BCUT2D eigenvalue weighted by molar-refractivity contribution is 5.42. The molecule has 0 saturated carbocycles. The van der Waals surface area contributed by atoms with Gasteiger partial charge in [-0.3, -0.25) is 4.79 Å². The summed E-state index contributed by atoms with van der Waals surface area (Å²) in [4.78, 5) is 18.9. The SMILES string of the molecule is Cc1ccnc(N2CC3CC(C2)c2cccc(=O)n2C3)c1. The molecule has 1 saturated heterocycles. The highest BCUT2D eigenvalue weighted by Crippen LogP contribution is 2.36. The minimum absolute atomic E-state index is 0.143. The second kappa shape index (κ2) is 4.72. The number of aryl methyl sites for hydroxylation is 1. The molecule has 2 atom stereocenters. The molecule has 2 unspecified atom stereocenters. The van der Waals surface area contributed by atoms with Crippen molar-refractivity contribution < 1.29 is 0 Å². The molecule has 2 aromatic heterocycles. The van der Waals surface area contributed by atoms with Crippen molar-refractivity contribution >= 4 is 5.82 Å². The van der Waals surface area contributed by atoms with Gasteiger partial charge in [-0.05, 0) is 43.0 Å². The van der Waals surface area contributed by atoms with Crippen LogP contribution >= 0.6 is 0 Å². The van der Waals surface area contributed by atoms with Crippen LogP contribution in [0.4, 0.5) is 5.82 Å². The lowest BCUT2D eigenvalue weighted by atomic mass is 9.83. The summed E-state index contributed by atoms with van der Waals surface area (Å²) in [6.07, 6.45) is 3.07. The van der Waals surface area contributed by atoms with Gasteiger partial charge in [-0.2, -0.15) is 0 Å². The second-order valence-corrected chi connectivity index (χ2v) is 6.29. The van der Waals surface area contributed by atoms with Gasteiger partial charge in [0.25, 0.3) is 5.56 Å². The minimum atomic E-state index is 0.143. The number of piperidine rings is 1. The highest BCUT2D eigenvalue weighted by Gasteiger charge is 2.34. The molecule has 2 bridgehead atoms. The third-order valence-corrected chi connectivity index (χ3v) is 4.70.